The number of carbonyl (C=O) groups excluding carboxylic acids is 2. The van der Waals surface area contributed by atoms with E-state index in [0.717, 1.165) is 25.7 Å². The topological polar surface area (TPSA) is 201 Å². The van der Waals surface area contributed by atoms with Crippen molar-refractivity contribution < 1.29 is 76.8 Å². The van der Waals surface area contributed by atoms with Crippen LogP contribution < -0.4 is 0 Å². The van der Waals surface area contributed by atoms with Crippen molar-refractivity contribution in [2.75, 3.05) is 119 Å². The molecule has 16 heteroatoms. The monoisotopic (exact) mass is 1110 g/mol. The smallest absolute Gasteiger partial charge is 0.307 e. The summed E-state index contributed by atoms with van der Waals surface area (Å²) in [4.78, 5) is 47.8. The Balaban J connectivity index is 3.50. The van der Waals surface area contributed by atoms with Crippen molar-refractivity contribution in [1.29, 1.82) is 0 Å². The first-order valence-electron chi connectivity index (χ1n) is 31.0. The van der Waals surface area contributed by atoms with Gasteiger partial charge in [-0.05, 0) is 38.5 Å². The molecule has 0 aromatic heterocycles. The summed E-state index contributed by atoms with van der Waals surface area (Å²) in [5, 5.41) is 19.1. The van der Waals surface area contributed by atoms with Crippen LogP contribution in [0.5, 0.6) is 0 Å². The molecule has 0 bridgehead atoms. The molecular weight excluding hydrogens is 1000 g/mol. The Labute approximate surface area is 473 Å². The number of ether oxygens (including phenoxy) is 10. The van der Waals surface area contributed by atoms with Crippen molar-refractivity contribution in [3.63, 3.8) is 0 Å². The van der Waals surface area contributed by atoms with E-state index in [1.165, 1.54) is 154 Å². The summed E-state index contributed by atoms with van der Waals surface area (Å²) < 4.78 is 54.3. The fourth-order valence-corrected chi connectivity index (χ4v) is 8.45. The van der Waals surface area contributed by atoms with Crippen LogP contribution in [0.25, 0.3) is 0 Å². The Hall–Kier alpha value is -2.96. The first-order valence-corrected chi connectivity index (χ1v) is 31.0. The Morgan fingerprint density at radius 1 is 0.295 bits per heavy atom. The lowest BCUT2D eigenvalue weighted by Crippen LogP contribution is -2.20. The molecule has 458 valence electrons. The number of unbranched alkanes of at least 4 members (excludes halogenated alkanes) is 26. The van der Waals surface area contributed by atoms with Crippen molar-refractivity contribution in [3.05, 3.63) is 24.3 Å². The fraction of sp³-hybridized carbons (Fsp3) is 0.871. The number of carboxylic acids is 2. The highest BCUT2D eigenvalue weighted by Gasteiger charge is 2.22. The maximum atomic E-state index is 12.2. The second-order valence-corrected chi connectivity index (χ2v) is 20.3. The van der Waals surface area contributed by atoms with Gasteiger partial charge >= 0.3 is 23.9 Å². The predicted molar refractivity (Wildman–Crippen MR) is 308 cm³/mol. The van der Waals surface area contributed by atoms with Gasteiger partial charge in [0.1, 0.15) is 13.2 Å². The lowest BCUT2D eigenvalue weighted by atomic mass is 10.0. The van der Waals surface area contributed by atoms with Crippen LogP contribution in [0.2, 0.25) is 0 Å². The molecule has 0 aliphatic carbocycles. The van der Waals surface area contributed by atoms with Gasteiger partial charge < -0.3 is 57.6 Å². The molecule has 0 radical (unpaired) electrons. The fourth-order valence-electron chi connectivity index (χ4n) is 8.45. The van der Waals surface area contributed by atoms with Crippen LogP contribution in [-0.2, 0) is 66.5 Å². The Morgan fingerprint density at radius 2 is 0.500 bits per heavy atom. The maximum Gasteiger partial charge on any atom is 0.307 e. The molecule has 16 nitrogen and oxygen atoms in total. The highest BCUT2D eigenvalue weighted by atomic mass is 16.6. The second kappa shape index (κ2) is 63.2. The third-order valence-electron chi connectivity index (χ3n) is 13.2. The van der Waals surface area contributed by atoms with Gasteiger partial charge in [0.25, 0.3) is 0 Å². The zero-order valence-corrected chi connectivity index (χ0v) is 49.4. The Bertz CT molecular complexity index is 1260. The summed E-state index contributed by atoms with van der Waals surface area (Å²) in [6.45, 7) is 10.7. The molecule has 2 atom stereocenters. The van der Waals surface area contributed by atoms with Crippen molar-refractivity contribution in [2.24, 2.45) is 11.8 Å². The molecule has 0 aromatic carbocycles. The van der Waals surface area contributed by atoms with E-state index in [2.05, 4.69) is 13.8 Å². The van der Waals surface area contributed by atoms with Gasteiger partial charge in [-0.1, -0.05) is 192 Å². The maximum absolute atomic E-state index is 12.2. The molecule has 78 heavy (non-hydrogen) atoms. The largest absolute Gasteiger partial charge is 0.481 e. The zero-order valence-electron chi connectivity index (χ0n) is 49.4. The average molecular weight is 1120 g/mol. The summed E-state index contributed by atoms with van der Waals surface area (Å²) in [5.74, 6) is -4.67. The van der Waals surface area contributed by atoms with E-state index in [-0.39, 0.29) is 39.3 Å². The molecule has 0 rings (SSSR count). The van der Waals surface area contributed by atoms with E-state index in [1.807, 2.05) is 24.3 Å². The van der Waals surface area contributed by atoms with Crippen molar-refractivity contribution >= 4 is 23.9 Å². The van der Waals surface area contributed by atoms with E-state index >= 15 is 0 Å². The molecule has 0 heterocycles. The molecule has 0 amide bonds. The van der Waals surface area contributed by atoms with E-state index in [4.69, 9.17) is 47.4 Å². The van der Waals surface area contributed by atoms with Crippen LogP contribution >= 0.6 is 0 Å². The summed E-state index contributed by atoms with van der Waals surface area (Å²) in [5.41, 5.74) is 0. The van der Waals surface area contributed by atoms with Crippen LogP contribution in [0.4, 0.5) is 0 Å². The first kappa shape index (κ1) is 75.0. The van der Waals surface area contributed by atoms with Gasteiger partial charge in [-0.15, -0.1) is 0 Å². The van der Waals surface area contributed by atoms with Crippen LogP contribution in [-0.4, -0.2) is 153 Å². The number of allylic oxidation sites excluding steroid dienone is 4. The number of carboxylic acid groups (broad SMARTS) is 2. The quantitative estimate of drug-likeness (QED) is 0.0330. The summed E-state index contributed by atoms with van der Waals surface area (Å²) in [7, 11) is 0. The summed E-state index contributed by atoms with van der Waals surface area (Å²) in [6.07, 6.45) is 44.2. The zero-order chi connectivity index (χ0) is 56.7. The first-order chi connectivity index (χ1) is 38.3. The van der Waals surface area contributed by atoms with Crippen molar-refractivity contribution in [3.8, 4) is 0 Å². The lowest BCUT2D eigenvalue weighted by Gasteiger charge is -2.11. The SMILES string of the molecule is CCCCCCCCCCCCCCC/C=C/CC(CC(=O)OCCOCCOCCOCCOCCOCCOCCOCCOCCOC(=O)CC(C/C=C/CCCCCCCCCCCCCCC)C(=O)O)C(=O)O. The molecule has 0 aliphatic rings. The molecular formula is C62H114O16. The van der Waals surface area contributed by atoms with Crippen LogP contribution in [0.1, 0.15) is 219 Å². The van der Waals surface area contributed by atoms with Crippen LogP contribution in [0, 0.1) is 11.8 Å². The number of rotatable bonds is 65. The molecule has 0 saturated heterocycles. The van der Waals surface area contributed by atoms with E-state index in [9.17, 15) is 29.4 Å². The highest BCUT2D eigenvalue weighted by Crippen LogP contribution is 2.17. The summed E-state index contributed by atoms with van der Waals surface area (Å²) in [6, 6.07) is 0. The van der Waals surface area contributed by atoms with Gasteiger partial charge in [0.15, 0.2) is 0 Å². The average Bonchev–Trinajstić information content (AvgIpc) is 3.42. The van der Waals surface area contributed by atoms with E-state index in [1.54, 1.807) is 0 Å². The third kappa shape index (κ3) is 59.2. The molecule has 0 aliphatic heterocycles. The number of aliphatic carboxylic acids is 2. The van der Waals surface area contributed by atoms with E-state index < -0.39 is 35.7 Å². The minimum absolute atomic E-state index is 0.0569. The minimum atomic E-state index is -0.996. The van der Waals surface area contributed by atoms with Gasteiger partial charge in [-0.3, -0.25) is 19.2 Å². The Morgan fingerprint density at radius 3 is 0.718 bits per heavy atom. The van der Waals surface area contributed by atoms with Gasteiger partial charge in [-0.2, -0.15) is 0 Å². The highest BCUT2D eigenvalue weighted by molar-refractivity contribution is 5.79. The van der Waals surface area contributed by atoms with E-state index in [0.29, 0.717) is 105 Å². The Kier molecular flexibility index (Phi) is 60.8. The molecule has 0 spiro atoms. The number of esters is 2. The molecule has 0 fully saturated rings. The summed E-state index contributed by atoms with van der Waals surface area (Å²) >= 11 is 0. The molecule has 0 aromatic rings. The van der Waals surface area contributed by atoms with Gasteiger partial charge in [0, 0.05) is 0 Å². The van der Waals surface area contributed by atoms with Crippen molar-refractivity contribution in [2.45, 2.75) is 219 Å². The minimum Gasteiger partial charge on any atom is -0.481 e. The number of hydrogen-bond acceptors (Lipinski definition) is 14. The number of hydrogen-bond donors (Lipinski definition) is 2. The normalized spacial score (nSPS) is 12.5. The van der Waals surface area contributed by atoms with Crippen LogP contribution in [0.15, 0.2) is 24.3 Å². The van der Waals surface area contributed by atoms with Gasteiger partial charge in [-0.25, -0.2) is 0 Å². The molecule has 0 saturated carbocycles. The van der Waals surface area contributed by atoms with Gasteiger partial charge in [0.05, 0.1) is 130 Å². The van der Waals surface area contributed by atoms with Crippen molar-refractivity contribution in [1.82, 2.24) is 0 Å². The third-order valence-corrected chi connectivity index (χ3v) is 13.2. The molecule has 2 N–H and O–H groups in total. The second-order valence-electron chi connectivity index (χ2n) is 20.3. The molecule has 2 unspecified atom stereocenters. The predicted octanol–water partition coefficient (Wildman–Crippen LogP) is 13.2. The lowest BCUT2D eigenvalue weighted by molar-refractivity contribution is -0.152. The van der Waals surface area contributed by atoms with Crippen LogP contribution in [0.3, 0.4) is 0 Å². The number of carbonyl (C=O) groups is 4. The standard InChI is InChI=1S/C62H114O16/c1-3-5-7-9-11-13-15-17-19-21-23-25-27-29-31-33-35-57(61(65)66)55-59(63)77-53-51-75-49-47-73-45-43-71-41-39-69-37-38-70-40-42-72-44-46-74-48-50-76-52-54-78-60(64)56-58(62(67)68)36-34-32-30-28-26-24-22-20-18-16-14-12-10-8-6-4-2/h31-34,57-58H,3-30,35-56H2,1-2H3,(H,65,66)(H,67,68)/b33-31+,34-32+. The van der Waals surface area contributed by atoms with Gasteiger partial charge in [0.2, 0.25) is 0 Å².